The van der Waals surface area contributed by atoms with Crippen LogP contribution in [0.1, 0.15) is 17.5 Å². The predicted octanol–water partition coefficient (Wildman–Crippen LogP) is 3.95. The molecule has 6 heteroatoms. The molecule has 1 aliphatic heterocycles. The third kappa shape index (κ3) is 4.68. The van der Waals surface area contributed by atoms with Gasteiger partial charge in [-0.15, -0.1) is 6.58 Å². The van der Waals surface area contributed by atoms with Crippen molar-refractivity contribution in [2.75, 3.05) is 11.9 Å². The van der Waals surface area contributed by atoms with E-state index in [1.165, 1.54) is 0 Å². The zero-order chi connectivity index (χ0) is 19.4. The minimum Gasteiger partial charge on any atom is -0.478 e. The minimum atomic E-state index is -0.856. The number of fused-ring (bicyclic) bond motifs is 1. The number of aryl methyl sites for hydroxylation is 1. The third-order valence-electron chi connectivity index (χ3n) is 4.30. The first kappa shape index (κ1) is 19.0. The quantitative estimate of drug-likeness (QED) is 0.767. The standard InChI is InChI=1S/C21H21ClN2O3/c1-3-10-24(13-15-5-7-16(22)8-6-15)20(25)12-19-21(26)23-17-11-14(2)4-9-18(17)27-19/h3-9,11,19H,1,10,12-13H2,2H3,(H,23,26). The van der Waals surface area contributed by atoms with E-state index < -0.39 is 6.10 Å². The molecule has 3 rings (SSSR count). The maximum absolute atomic E-state index is 12.8. The number of benzene rings is 2. The second-order valence-corrected chi connectivity index (χ2v) is 6.93. The molecule has 1 aliphatic rings. The fraction of sp³-hybridized carbons (Fsp3) is 0.238. The molecule has 0 saturated heterocycles. The first-order valence-corrected chi connectivity index (χ1v) is 9.05. The lowest BCUT2D eigenvalue weighted by molar-refractivity contribution is -0.137. The molecule has 1 heterocycles. The van der Waals surface area contributed by atoms with Crippen molar-refractivity contribution in [3.8, 4) is 5.75 Å². The Morgan fingerprint density at radius 2 is 2.04 bits per heavy atom. The van der Waals surface area contributed by atoms with Gasteiger partial charge in [-0.2, -0.15) is 0 Å². The minimum absolute atomic E-state index is 0.0411. The van der Waals surface area contributed by atoms with Crippen molar-refractivity contribution in [2.45, 2.75) is 26.0 Å². The van der Waals surface area contributed by atoms with Crippen molar-refractivity contribution in [3.05, 3.63) is 71.3 Å². The maximum Gasteiger partial charge on any atom is 0.266 e. The molecule has 0 saturated carbocycles. The van der Waals surface area contributed by atoms with E-state index >= 15 is 0 Å². The van der Waals surface area contributed by atoms with Crippen molar-refractivity contribution in [2.24, 2.45) is 0 Å². The molecule has 140 valence electrons. The number of anilines is 1. The fourth-order valence-corrected chi connectivity index (χ4v) is 3.03. The number of rotatable bonds is 6. The van der Waals surface area contributed by atoms with Crippen molar-refractivity contribution < 1.29 is 14.3 Å². The number of hydrogen-bond donors (Lipinski definition) is 1. The lowest BCUT2D eigenvalue weighted by atomic mass is 10.1. The van der Waals surface area contributed by atoms with Crippen LogP contribution >= 0.6 is 11.6 Å². The summed E-state index contributed by atoms with van der Waals surface area (Å²) in [5.74, 6) is 0.0815. The second-order valence-electron chi connectivity index (χ2n) is 6.49. The van der Waals surface area contributed by atoms with Crippen LogP contribution in [0.5, 0.6) is 5.75 Å². The van der Waals surface area contributed by atoms with Gasteiger partial charge in [0.1, 0.15) is 5.75 Å². The molecular weight excluding hydrogens is 364 g/mol. The van der Waals surface area contributed by atoms with Crippen LogP contribution in [0.15, 0.2) is 55.1 Å². The van der Waals surface area contributed by atoms with Crippen LogP contribution in [0.3, 0.4) is 0 Å². The Labute approximate surface area is 163 Å². The van der Waals surface area contributed by atoms with Crippen LogP contribution in [0.2, 0.25) is 5.02 Å². The summed E-state index contributed by atoms with van der Waals surface area (Å²) in [6, 6.07) is 12.8. The van der Waals surface area contributed by atoms with E-state index in [0.29, 0.717) is 29.5 Å². The molecule has 1 N–H and O–H groups in total. The zero-order valence-corrected chi connectivity index (χ0v) is 15.8. The van der Waals surface area contributed by atoms with Crippen LogP contribution in [0.25, 0.3) is 0 Å². The monoisotopic (exact) mass is 384 g/mol. The molecule has 2 amide bonds. The lowest BCUT2D eigenvalue weighted by Crippen LogP contribution is -2.42. The molecule has 5 nitrogen and oxygen atoms in total. The number of nitrogens with one attached hydrogen (secondary N) is 1. The van der Waals surface area contributed by atoms with Gasteiger partial charge in [0.15, 0.2) is 6.10 Å². The molecule has 0 fully saturated rings. The smallest absolute Gasteiger partial charge is 0.266 e. The predicted molar refractivity (Wildman–Crippen MR) is 106 cm³/mol. The Morgan fingerprint density at radius 3 is 2.74 bits per heavy atom. The number of carbonyl (C=O) groups is 2. The van der Waals surface area contributed by atoms with Crippen LogP contribution in [0.4, 0.5) is 5.69 Å². The first-order chi connectivity index (χ1) is 13.0. The number of hydrogen-bond acceptors (Lipinski definition) is 3. The molecule has 2 aromatic rings. The van der Waals surface area contributed by atoms with Gasteiger partial charge < -0.3 is 15.0 Å². The van der Waals surface area contributed by atoms with Gasteiger partial charge in [-0.1, -0.05) is 35.9 Å². The van der Waals surface area contributed by atoms with Crippen molar-refractivity contribution in [1.29, 1.82) is 0 Å². The van der Waals surface area contributed by atoms with Crippen molar-refractivity contribution in [3.63, 3.8) is 0 Å². The summed E-state index contributed by atoms with van der Waals surface area (Å²) in [5.41, 5.74) is 2.60. The number of halogens is 1. The van der Waals surface area contributed by atoms with Gasteiger partial charge in [0.2, 0.25) is 5.91 Å². The first-order valence-electron chi connectivity index (χ1n) is 8.67. The second kappa shape index (κ2) is 8.27. The summed E-state index contributed by atoms with van der Waals surface area (Å²) >= 11 is 5.91. The summed E-state index contributed by atoms with van der Waals surface area (Å²) in [6.45, 7) is 6.44. The molecule has 1 unspecified atom stereocenters. The highest BCUT2D eigenvalue weighted by Gasteiger charge is 2.31. The van der Waals surface area contributed by atoms with E-state index in [1.54, 1.807) is 29.2 Å². The topological polar surface area (TPSA) is 58.6 Å². The molecule has 0 aliphatic carbocycles. The SMILES string of the molecule is C=CCN(Cc1ccc(Cl)cc1)C(=O)CC1Oc2ccc(C)cc2NC1=O. The summed E-state index contributed by atoms with van der Waals surface area (Å²) in [5, 5.41) is 3.45. The van der Waals surface area contributed by atoms with Crippen LogP contribution in [-0.4, -0.2) is 29.4 Å². The summed E-state index contributed by atoms with van der Waals surface area (Å²) < 4.78 is 5.76. The lowest BCUT2D eigenvalue weighted by Gasteiger charge is -2.28. The Morgan fingerprint density at radius 1 is 1.30 bits per heavy atom. The Kier molecular flexibility index (Phi) is 5.81. The highest BCUT2D eigenvalue weighted by molar-refractivity contribution is 6.30. The fourth-order valence-electron chi connectivity index (χ4n) is 2.91. The van der Waals surface area contributed by atoms with Gasteiger partial charge >= 0.3 is 0 Å². The molecule has 0 aromatic heterocycles. The van der Waals surface area contributed by atoms with Crippen LogP contribution in [0, 0.1) is 6.92 Å². The van der Waals surface area contributed by atoms with Crippen LogP contribution < -0.4 is 10.1 Å². The average molecular weight is 385 g/mol. The van der Waals surface area contributed by atoms with Gasteiger partial charge in [0, 0.05) is 18.1 Å². The molecule has 2 aromatic carbocycles. The Bertz CT molecular complexity index is 864. The molecule has 0 bridgehead atoms. The molecule has 0 radical (unpaired) electrons. The highest BCUT2D eigenvalue weighted by Crippen LogP contribution is 2.31. The van der Waals surface area contributed by atoms with Gasteiger partial charge in [0.05, 0.1) is 12.1 Å². The van der Waals surface area contributed by atoms with Crippen molar-refractivity contribution in [1.82, 2.24) is 4.90 Å². The third-order valence-corrected chi connectivity index (χ3v) is 4.56. The Balaban J connectivity index is 1.69. The summed E-state index contributed by atoms with van der Waals surface area (Å²) in [7, 11) is 0. The number of carbonyl (C=O) groups excluding carboxylic acids is 2. The number of nitrogens with zero attached hydrogens (tertiary/aromatic N) is 1. The molecular formula is C21H21ClN2O3. The van der Waals surface area contributed by atoms with Gasteiger partial charge in [-0.05, 0) is 42.3 Å². The van der Waals surface area contributed by atoms with Crippen molar-refractivity contribution >= 4 is 29.1 Å². The zero-order valence-electron chi connectivity index (χ0n) is 15.1. The highest BCUT2D eigenvalue weighted by atomic mass is 35.5. The van der Waals surface area contributed by atoms with E-state index in [9.17, 15) is 9.59 Å². The summed E-state index contributed by atoms with van der Waals surface area (Å²) in [4.78, 5) is 26.8. The number of amides is 2. The van der Waals surface area contributed by atoms with Gasteiger partial charge in [-0.25, -0.2) is 0 Å². The van der Waals surface area contributed by atoms with E-state index in [1.807, 2.05) is 31.2 Å². The molecule has 1 atom stereocenters. The summed E-state index contributed by atoms with van der Waals surface area (Å²) in [6.07, 6.45) is 0.763. The van der Waals surface area contributed by atoms with Gasteiger partial charge in [-0.3, -0.25) is 9.59 Å². The normalized spacial score (nSPS) is 15.3. The molecule has 0 spiro atoms. The van der Waals surface area contributed by atoms with E-state index in [-0.39, 0.29) is 18.2 Å². The Hall–Kier alpha value is -2.79. The average Bonchev–Trinajstić information content (AvgIpc) is 2.64. The largest absolute Gasteiger partial charge is 0.478 e. The van der Waals surface area contributed by atoms with E-state index in [0.717, 1.165) is 11.1 Å². The number of ether oxygens (including phenoxy) is 1. The van der Waals surface area contributed by atoms with E-state index in [4.69, 9.17) is 16.3 Å². The van der Waals surface area contributed by atoms with Crippen LogP contribution in [-0.2, 0) is 16.1 Å². The van der Waals surface area contributed by atoms with E-state index in [2.05, 4.69) is 11.9 Å². The molecule has 27 heavy (non-hydrogen) atoms. The van der Waals surface area contributed by atoms with Gasteiger partial charge in [0.25, 0.3) is 5.91 Å². The maximum atomic E-state index is 12.8.